The molecule has 0 spiro atoms. The second kappa shape index (κ2) is 10.7. The van der Waals surface area contributed by atoms with Crippen molar-refractivity contribution in [3.8, 4) is 23.0 Å². The predicted molar refractivity (Wildman–Crippen MR) is 132 cm³/mol. The van der Waals surface area contributed by atoms with Crippen molar-refractivity contribution in [3.05, 3.63) is 113 Å². The molecule has 0 unspecified atom stereocenters. The molecular weight excluding hydrogens is 482 g/mol. The summed E-state index contributed by atoms with van der Waals surface area (Å²) in [6.45, 7) is 0.359. The Labute approximate surface area is 201 Å². The number of halogens is 1. The first-order valence-corrected chi connectivity index (χ1v) is 11.1. The summed E-state index contributed by atoms with van der Waals surface area (Å²) >= 11 is 3.48. The van der Waals surface area contributed by atoms with Crippen LogP contribution in [0, 0.1) is 0 Å². The molecule has 5 nitrogen and oxygen atoms in total. The second-order valence-corrected chi connectivity index (χ2v) is 8.01. The number of methoxy groups -OCH3 is 1. The van der Waals surface area contributed by atoms with Crippen LogP contribution >= 0.6 is 15.9 Å². The summed E-state index contributed by atoms with van der Waals surface area (Å²) in [5.74, 6) is 2.18. The van der Waals surface area contributed by atoms with Gasteiger partial charge in [-0.25, -0.2) is 0 Å². The smallest absolute Gasteiger partial charge is 0.255 e. The van der Waals surface area contributed by atoms with Crippen molar-refractivity contribution in [3.63, 3.8) is 0 Å². The molecular formula is C27H22BrNO4. The molecule has 4 aromatic carbocycles. The molecule has 0 aliphatic carbocycles. The molecule has 6 heteroatoms. The van der Waals surface area contributed by atoms with Gasteiger partial charge in [-0.15, -0.1) is 0 Å². The maximum absolute atomic E-state index is 12.9. The van der Waals surface area contributed by atoms with E-state index in [-0.39, 0.29) is 5.91 Å². The van der Waals surface area contributed by atoms with Gasteiger partial charge in [-0.1, -0.05) is 48.5 Å². The average Bonchev–Trinajstić information content (AvgIpc) is 2.85. The number of carbonyl (C=O) groups excluding carboxylic acids is 1. The molecule has 1 N–H and O–H groups in total. The molecule has 0 aliphatic heterocycles. The third-order valence-electron chi connectivity index (χ3n) is 4.80. The molecule has 0 saturated carbocycles. The Kier molecular flexibility index (Phi) is 7.27. The first-order chi connectivity index (χ1) is 16.1. The van der Waals surface area contributed by atoms with Crippen molar-refractivity contribution >= 4 is 27.5 Å². The molecule has 0 aliphatic rings. The van der Waals surface area contributed by atoms with Crippen LogP contribution in [0.3, 0.4) is 0 Å². The van der Waals surface area contributed by atoms with Gasteiger partial charge in [0.2, 0.25) is 0 Å². The number of carbonyl (C=O) groups is 1. The molecule has 1 amide bonds. The maximum Gasteiger partial charge on any atom is 0.255 e. The molecule has 0 atom stereocenters. The van der Waals surface area contributed by atoms with Crippen LogP contribution < -0.4 is 19.5 Å². The second-order valence-electron chi connectivity index (χ2n) is 7.16. The number of benzene rings is 4. The third-order valence-corrected chi connectivity index (χ3v) is 5.39. The maximum atomic E-state index is 12.9. The molecule has 0 radical (unpaired) electrons. The Bertz CT molecular complexity index is 1210. The zero-order chi connectivity index (χ0) is 23.0. The Hall–Kier alpha value is -3.77. The van der Waals surface area contributed by atoms with E-state index in [0.717, 1.165) is 11.3 Å². The fourth-order valence-electron chi connectivity index (χ4n) is 3.17. The summed E-state index contributed by atoms with van der Waals surface area (Å²) in [7, 11) is 1.56. The highest BCUT2D eigenvalue weighted by atomic mass is 79.9. The van der Waals surface area contributed by atoms with E-state index in [0.29, 0.717) is 39.6 Å². The topological polar surface area (TPSA) is 56.8 Å². The Balaban J connectivity index is 1.46. The average molecular weight is 504 g/mol. The van der Waals surface area contributed by atoms with Crippen molar-refractivity contribution < 1.29 is 19.0 Å². The lowest BCUT2D eigenvalue weighted by atomic mass is 10.1. The lowest BCUT2D eigenvalue weighted by Gasteiger charge is -2.14. The summed E-state index contributed by atoms with van der Waals surface area (Å²) in [6, 6.07) is 29.9. The van der Waals surface area contributed by atoms with Gasteiger partial charge in [0.25, 0.3) is 5.91 Å². The van der Waals surface area contributed by atoms with Crippen molar-refractivity contribution in [2.45, 2.75) is 6.61 Å². The minimum Gasteiger partial charge on any atom is -0.492 e. The number of para-hydroxylation sites is 1. The lowest BCUT2D eigenvalue weighted by molar-refractivity contribution is 0.102. The number of anilines is 1. The molecule has 0 fully saturated rings. The summed E-state index contributed by atoms with van der Waals surface area (Å²) in [4.78, 5) is 12.9. The van der Waals surface area contributed by atoms with Crippen LogP contribution in [0.4, 0.5) is 5.69 Å². The van der Waals surface area contributed by atoms with Gasteiger partial charge in [-0.05, 0) is 70.0 Å². The molecule has 0 aromatic heterocycles. The van der Waals surface area contributed by atoms with Gasteiger partial charge in [0, 0.05) is 11.3 Å². The molecule has 33 heavy (non-hydrogen) atoms. The highest BCUT2D eigenvalue weighted by Gasteiger charge is 2.16. The molecule has 166 valence electrons. The summed E-state index contributed by atoms with van der Waals surface area (Å²) < 4.78 is 17.8. The van der Waals surface area contributed by atoms with E-state index in [2.05, 4.69) is 21.2 Å². The highest BCUT2D eigenvalue weighted by molar-refractivity contribution is 9.10. The SMILES string of the molecule is COc1c(Br)cc(C(=O)Nc2ccc(Oc3ccccc3)cc2)cc1OCc1ccccc1. The Morgan fingerprint density at radius 3 is 2.15 bits per heavy atom. The number of nitrogens with one attached hydrogen (secondary N) is 1. The van der Waals surface area contributed by atoms with Gasteiger partial charge in [0.1, 0.15) is 18.1 Å². The van der Waals surface area contributed by atoms with Crippen LogP contribution in [0.15, 0.2) is 102 Å². The van der Waals surface area contributed by atoms with Crippen LogP contribution in [0.25, 0.3) is 0 Å². The van der Waals surface area contributed by atoms with E-state index in [1.165, 1.54) is 0 Å². The van der Waals surface area contributed by atoms with Gasteiger partial charge in [-0.3, -0.25) is 4.79 Å². The van der Waals surface area contributed by atoms with Crippen LogP contribution in [0.1, 0.15) is 15.9 Å². The number of amides is 1. The van der Waals surface area contributed by atoms with E-state index < -0.39 is 0 Å². The van der Waals surface area contributed by atoms with E-state index >= 15 is 0 Å². The first kappa shape index (κ1) is 22.4. The zero-order valence-corrected chi connectivity index (χ0v) is 19.5. The van der Waals surface area contributed by atoms with Crippen LogP contribution in [-0.4, -0.2) is 13.0 Å². The van der Waals surface area contributed by atoms with Gasteiger partial charge in [-0.2, -0.15) is 0 Å². The molecule has 4 aromatic rings. The van der Waals surface area contributed by atoms with Crippen molar-refractivity contribution in [2.75, 3.05) is 12.4 Å². The monoisotopic (exact) mass is 503 g/mol. The third kappa shape index (κ3) is 5.93. The van der Waals surface area contributed by atoms with E-state index in [4.69, 9.17) is 14.2 Å². The molecule has 0 saturated heterocycles. The molecule has 4 rings (SSSR count). The summed E-state index contributed by atoms with van der Waals surface area (Å²) in [5, 5.41) is 2.90. The summed E-state index contributed by atoms with van der Waals surface area (Å²) in [6.07, 6.45) is 0. The minimum atomic E-state index is -0.264. The van der Waals surface area contributed by atoms with Gasteiger partial charge < -0.3 is 19.5 Å². The van der Waals surface area contributed by atoms with Crippen LogP contribution in [-0.2, 0) is 6.61 Å². The van der Waals surface area contributed by atoms with Crippen molar-refractivity contribution in [2.24, 2.45) is 0 Å². The first-order valence-electron chi connectivity index (χ1n) is 10.3. The number of hydrogen-bond donors (Lipinski definition) is 1. The minimum absolute atomic E-state index is 0.264. The zero-order valence-electron chi connectivity index (χ0n) is 18.0. The highest BCUT2D eigenvalue weighted by Crippen LogP contribution is 2.37. The lowest BCUT2D eigenvalue weighted by Crippen LogP contribution is -2.12. The van der Waals surface area contributed by atoms with E-state index in [1.54, 1.807) is 43.5 Å². The Morgan fingerprint density at radius 1 is 0.848 bits per heavy atom. The normalized spacial score (nSPS) is 10.4. The van der Waals surface area contributed by atoms with Gasteiger partial charge in [0.15, 0.2) is 11.5 Å². The number of rotatable bonds is 8. The van der Waals surface area contributed by atoms with Crippen LogP contribution in [0.2, 0.25) is 0 Å². The summed E-state index contributed by atoms with van der Waals surface area (Å²) in [5.41, 5.74) is 2.11. The fourth-order valence-corrected chi connectivity index (χ4v) is 3.78. The van der Waals surface area contributed by atoms with Crippen LogP contribution in [0.5, 0.6) is 23.0 Å². The Morgan fingerprint density at radius 2 is 1.48 bits per heavy atom. The number of hydrogen-bond acceptors (Lipinski definition) is 4. The molecule has 0 bridgehead atoms. The van der Waals surface area contributed by atoms with Crippen molar-refractivity contribution in [1.29, 1.82) is 0 Å². The predicted octanol–water partition coefficient (Wildman–Crippen LogP) is 7.08. The fraction of sp³-hybridized carbons (Fsp3) is 0.0741. The van der Waals surface area contributed by atoms with E-state index in [1.807, 2.05) is 60.7 Å². The van der Waals surface area contributed by atoms with E-state index in [9.17, 15) is 4.79 Å². The quantitative estimate of drug-likeness (QED) is 0.279. The molecule has 0 heterocycles. The standard InChI is InChI=1S/C27H22BrNO4/c1-31-26-24(28)16-20(17-25(26)32-18-19-8-4-2-5-9-19)27(30)29-21-12-14-23(15-13-21)33-22-10-6-3-7-11-22/h2-17H,18H2,1H3,(H,29,30). The van der Waals surface area contributed by atoms with Crippen molar-refractivity contribution in [1.82, 2.24) is 0 Å². The van der Waals surface area contributed by atoms with Gasteiger partial charge >= 0.3 is 0 Å². The largest absolute Gasteiger partial charge is 0.492 e. The van der Waals surface area contributed by atoms with Gasteiger partial charge in [0.05, 0.1) is 11.6 Å². The number of ether oxygens (including phenoxy) is 3.